The Hall–Kier alpha value is -1.24. The normalized spacial score (nSPS) is 10.2. The molecule has 0 aliphatic heterocycles. The Morgan fingerprint density at radius 2 is 1.50 bits per heavy atom. The van der Waals surface area contributed by atoms with E-state index in [0.29, 0.717) is 0 Å². The van der Waals surface area contributed by atoms with Crippen molar-refractivity contribution >= 4 is 0 Å². The Kier molecular flexibility index (Phi) is 20.5. The molecule has 1 heteroatoms. The third-order valence-electron chi connectivity index (χ3n) is 1.65. The zero-order valence-electron chi connectivity index (χ0n) is 12.1. The van der Waals surface area contributed by atoms with E-state index in [2.05, 4.69) is 37.6 Å². The highest BCUT2D eigenvalue weighted by atomic mass is 14.8. The van der Waals surface area contributed by atoms with Gasteiger partial charge in [0.05, 0.1) is 0 Å². The van der Waals surface area contributed by atoms with Crippen molar-refractivity contribution in [3.63, 3.8) is 0 Å². The minimum absolute atomic E-state index is 0.895. The van der Waals surface area contributed by atoms with Gasteiger partial charge in [0, 0.05) is 5.70 Å². The number of rotatable bonds is 4. The van der Waals surface area contributed by atoms with Crippen molar-refractivity contribution in [2.24, 2.45) is 0 Å². The maximum absolute atomic E-state index is 3.85. The summed E-state index contributed by atoms with van der Waals surface area (Å²) in [6, 6.07) is 0. The van der Waals surface area contributed by atoms with Crippen molar-refractivity contribution in [2.75, 3.05) is 0 Å². The molecule has 0 heterocycles. The van der Waals surface area contributed by atoms with E-state index in [-0.39, 0.29) is 0 Å². The van der Waals surface area contributed by atoms with Gasteiger partial charge in [0.2, 0.25) is 0 Å². The zero-order chi connectivity index (χ0) is 13.6. The number of allylic oxidation sites excluding steroid dienone is 4. The first-order chi connectivity index (χ1) is 7.61. The van der Waals surface area contributed by atoms with E-state index in [0.717, 1.165) is 11.3 Å². The standard InChI is InChI=1S/C11H17N.2C2H6/c1-6-9(3)8-10(4)11(5)12-7-2;2*1-2/h6-8,12H,2,5H2,1,3-4H3;2*1-2H3/b9-6-,10-8-;;. The van der Waals surface area contributed by atoms with E-state index in [1.54, 1.807) is 6.20 Å². The summed E-state index contributed by atoms with van der Waals surface area (Å²) in [7, 11) is 0. The molecule has 0 saturated carbocycles. The zero-order valence-corrected chi connectivity index (χ0v) is 12.1. The van der Waals surface area contributed by atoms with Gasteiger partial charge >= 0.3 is 0 Å². The molecule has 0 aliphatic carbocycles. The van der Waals surface area contributed by atoms with Gasteiger partial charge in [-0.15, -0.1) is 0 Å². The van der Waals surface area contributed by atoms with Gasteiger partial charge in [-0.1, -0.05) is 58.6 Å². The summed E-state index contributed by atoms with van der Waals surface area (Å²) >= 11 is 0. The Labute approximate surface area is 103 Å². The molecule has 0 spiro atoms. The first-order valence-electron chi connectivity index (χ1n) is 5.99. The molecule has 94 valence electrons. The van der Waals surface area contributed by atoms with Gasteiger partial charge in [0.25, 0.3) is 0 Å². The van der Waals surface area contributed by atoms with E-state index in [4.69, 9.17) is 0 Å². The SMILES string of the molecule is C=CNC(=C)/C(C)=C\C(C)=C/C.CC.CC. The van der Waals surface area contributed by atoms with Crippen LogP contribution in [0.25, 0.3) is 0 Å². The molecule has 1 N–H and O–H groups in total. The van der Waals surface area contributed by atoms with Gasteiger partial charge in [0.1, 0.15) is 0 Å². The molecule has 0 aromatic carbocycles. The molecule has 0 amide bonds. The largest absolute Gasteiger partial charge is 0.363 e. The number of hydrogen-bond donors (Lipinski definition) is 1. The van der Waals surface area contributed by atoms with E-state index in [9.17, 15) is 0 Å². The average Bonchev–Trinajstić information content (AvgIpc) is 2.34. The van der Waals surface area contributed by atoms with Gasteiger partial charge in [0.15, 0.2) is 0 Å². The average molecular weight is 223 g/mol. The van der Waals surface area contributed by atoms with E-state index < -0.39 is 0 Å². The lowest BCUT2D eigenvalue weighted by atomic mass is 10.1. The fourth-order valence-electron chi connectivity index (χ4n) is 0.749. The summed E-state index contributed by atoms with van der Waals surface area (Å²) in [5, 5.41) is 2.95. The van der Waals surface area contributed by atoms with Crippen molar-refractivity contribution in [3.8, 4) is 0 Å². The second kappa shape index (κ2) is 16.2. The summed E-state index contributed by atoms with van der Waals surface area (Å²) in [6.07, 6.45) is 5.77. The molecular formula is C15H29N. The monoisotopic (exact) mass is 223 g/mol. The lowest BCUT2D eigenvalue weighted by Crippen LogP contribution is -2.03. The Morgan fingerprint density at radius 1 is 1.06 bits per heavy atom. The van der Waals surface area contributed by atoms with Crippen LogP contribution in [-0.4, -0.2) is 0 Å². The summed E-state index contributed by atoms with van der Waals surface area (Å²) in [5.41, 5.74) is 3.26. The molecule has 0 unspecified atom stereocenters. The summed E-state index contributed by atoms with van der Waals surface area (Å²) < 4.78 is 0. The van der Waals surface area contributed by atoms with Gasteiger partial charge in [-0.3, -0.25) is 0 Å². The van der Waals surface area contributed by atoms with Crippen LogP contribution in [0.5, 0.6) is 0 Å². The fourth-order valence-corrected chi connectivity index (χ4v) is 0.749. The predicted octanol–water partition coefficient (Wildman–Crippen LogP) is 5.20. The summed E-state index contributed by atoms with van der Waals surface area (Å²) in [4.78, 5) is 0. The van der Waals surface area contributed by atoms with Gasteiger partial charge in [-0.25, -0.2) is 0 Å². The topological polar surface area (TPSA) is 12.0 Å². The fraction of sp³-hybridized carbons (Fsp3) is 0.467. The molecule has 0 aliphatic rings. The van der Waals surface area contributed by atoms with Crippen molar-refractivity contribution in [1.29, 1.82) is 0 Å². The van der Waals surface area contributed by atoms with Crippen LogP contribution in [0.3, 0.4) is 0 Å². The molecule has 0 aromatic heterocycles. The highest BCUT2D eigenvalue weighted by Crippen LogP contribution is 2.07. The van der Waals surface area contributed by atoms with Crippen LogP contribution < -0.4 is 5.32 Å². The second-order valence-corrected chi connectivity index (χ2v) is 2.69. The first-order valence-corrected chi connectivity index (χ1v) is 5.99. The Bertz CT molecular complexity index is 232. The maximum Gasteiger partial charge on any atom is 0.0336 e. The molecule has 0 fully saturated rings. The van der Waals surface area contributed by atoms with Crippen LogP contribution in [0.4, 0.5) is 0 Å². The molecule has 0 radical (unpaired) electrons. The molecule has 0 atom stereocenters. The summed E-state index contributed by atoms with van der Waals surface area (Å²) in [5.74, 6) is 0. The highest BCUT2D eigenvalue weighted by Gasteiger charge is 1.92. The number of hydrogen-bond acceptors (Lipinski definition) is 1. The molecular weight excluding hydrogens is 194 g/mol. The molecule has 0 aromatic rings. The Balaban J connectivity index is -0.000000376. The van der Waals surface area contributed by atoms with Gasteiger partial charge < -0.3 is 5.32 Å². The van der Waals surface area contributed by atoms with Crippen LogP contribution in [0.1, 0.15) is 48.5 Å². The molecule has 0 bridgehead atoms. The smallest absolute Gasteiger partial charge is 0.0336 e. The van der Waals surface area contributed by atoms with Crippen molar-refractivity contribution in [1.82, 2.24) is 5.32 Å². The number of nitrogens with one attached hydrogen (secondary N) is 1. The van der Waals surface area contributed by atoms with Crippen molar-refractivity contribution in [2.45, 2.75) is 48.5 Å². The van der Waals surface area contributed by atoms with Crippen LogP contribution in [-0.2, 0) is 0 Å². The second-order valence-electron chi connectivity index (χ2n) is 2.69. The van der Waals surface area contributed by atoms with Crippen LogP contribution in [0.15, 0.2) is 48.4 Å². The van der Waals surface area contributed by atoms with E-state index in [1.807, 2.05) is 41.5 Å². The molecule has 16 heavy (non-hydrogen) atoms. The quantitative estimate of drug-likeness (QED) is 0.646. The predicted molar refractivity (Wildman–Crippen MR) is 78.4 cm³/mol. The van der Waals surface area contributed by atoms with Crippen LogP contribution >= 0.6 is 0 Å². The Morgan fingerprint density at radius 3 is 1.81 bits per heavy atom. The minimum Gasteiger partial charge on any atom is -0.363 e. The van der Waals surface area contributed by atoms with Crippen molar-refractivity contribution < 1.29 is 0 Å². The summed E-state index contributed by atoms with van der Waals surface area (Å²) in [6.45, 7) is 21.5. The van der Waals surface area contributed by atoms with Crippen LogP contribution in [0.2, 0.25) is 0 Å². The maximum atomic E-state index is 3.85. The molecule has 0 rings (SSSR count). The van der Waals surface area contributed by atoms with Crippen molar-refractivity contribution in [3.05, 3.63) is 48.4 Å². The lowest BCUT2D eigenvalue weighted by Gasteiger charge is -2.04. The van der Waals surface area contributed by atoms with E-state index in [1.165, 1.54) is 5.57 Å². The lowest BCUT2D eigenvalue weighted by molar-refractivity contribution is 1.08. The highest BCUT2D eigenvalue weighted by molar-refractivity contribution is 5.32. The molecule has 0 saturated heterocycles. The molecule has 1 nitrogen and oxygen atoms in total. The third kappa shape index (κ3) is 12.8. The first kappa shape index (κ1) is 20.2. The minimum atomic E-state index is 0.895. The van der Waals surface area contributed by atoms with Gasteiger partial charge in [-0.2, -0.15) is 0 Å². The third-order valence-corrected chi connectivity index (χ3v) is 1.65. The van der Waals surface area contributed by atoms with E-state index >= 15 is 0 Å². The van der Waals surface area contributed by atoms with Gasteiger partial charge in [-0.05, 0) is 32.5 Å². The van der Waals surface area contributed by atoms with Crippen LogP contribution in [0, 0.1) is 0 Å².